The van der Waals surface area contributed by atoms with Crippen LogP contribution in [0.25, 0.3) is 6.08 Å². The molecule has 1 N–H and O–H groups in total. The summed E-state index contributed by atoms with van der Waals surface area (Å²) < 4.78 is 15.1. The van der Waals surface area contributed by atoms with Crippen LogP contribution < -0.4 is 14.8 Å². The summed E-state index contributed by atoms with van der Waals surface area (Å²) in [4.78, 5) is 24.3. The average molecular weight is 386 g/mol. The van der Waals surface area contributed by atoms with Crippen LogP contribution in [0, 0.1) is 18.3 Å². The molecule has 1 heterocycles. The summed E-state index contributed by atoms with van der Waals surface area (Å²) in [7, 11) is 4.33. The molecule has 0 bridgehead atoms. The summed E-state index contributed by atoms with van der Waals surface area (Å²) in [6.45, 7) is 1.64. The Morgan fingerprint density at radius 2 is 1.89 bits per heavy atom. The number of hydrogen-bond donors (Lipinski definition) is 1. The molecule has 0 atom stereocenters. The van der Waals surface area contributed by atoms with Crippen LogP contribution in [0.15, 0.2) is 24.3 Å². The molecule has 1 aromatic carbocycles. The maximum absolute atomic E-state index is 12.2. The van der Waals surface area contributed by atoms with Crippen LogP contribution in [0.2, 0.25) is 0 Å². The van der Waals surface area contributed by atoms with Gasteiger partial charge in [0.15, 0.2) is 11.5 Å². The molecular formula is C19H18N2O5S. The summed E-state index contributed by atoms with van der Waals surface area (Å²) in [5, 5.41) is 12.2. The molecule has 0 saturated heterocycles. The lowest BCUT2D eigenvalue weighted by Crippen LogP contribution is -2.07. The monoisotopic (exact) mass is 386 g/mol. The van der Waals surface area contributed by atoms with Gasteiger partial charge < -0.3 is 19.5 Å². The number of carbonyl (C=O) groups excluding carboxylic acids is 2. The molecule has 0 aliphatic heterocycles. The molecule has 140 valence electrons. The van der Waals surface area contributed by atoms with Crippen molar-refractivity contribution in [3.05, 3.63) is 45.8 Å². The predicted molar refractivity (Wildman–Crippen MR) is 102 cm³/mol. The minimum Gasteiger partial charge on any atom is -0.493 e. The van der Waals surface area contributed by atoms with Gasteiger partial charge in [-0.15, -0.1) is 11.3 Å². The van der Waals surface area contributed by atoms with Crippen molar-refractivity contribution in [1.82, 2.24) is 0 Å². The molecular weight excluding hydrogens is 368 g/mol. The summed E-state index contributed by atoms with van der Waals surface area (Å²) in [6.07, 6.45) is 2.93. The van der Waals surface area contributed by atoms with Crippen LogP contribution in [0.3, 0.4) is 0 Å². The Balaban J connectivity index is 2.20. The number of nitriles is 1. The molecule has 8 heteroatoms. The number of methoxy groups -OCH3 is 3. The van der Waals surface area contributed by atoms with Gasteiger partial charge in [-0.2, -0.15) is 5.26 Å². The molecule has 2 aromatic rings. The van der Waals surface area contributed by atoms with Crippen molar-refractivity contribution in [3.63, 3.8) is 0 Å². The summed E-state index contributed by atoms with van der Waals surface area (Å²) in [5.41, 5.74) is 1.46. The summed E-state index contributed by atoms with van der Waals surface area (Å²) in [5.74, 6) is 0.153. The molecule has 0 spiro atoms. The number of anilines is 1. The molecule has 0 aliphatic carbocycles. The molecule has 0 saturated carbocycles. The van der Waals surface area contributed by atoms with Crippen LogP contribution >= 0.6 is 11.3 Å². The first-order valence-electron chi connectivity index (χ1n) is 7.78. The van der Waals surface area contributed by atoms with Crippen LogP contribution in [0.1, 0.15) is 26.4 Å². The van der Waals surface area contributed by atoms with E-state index in [9.17, 15) is 14.9 Å². The highest BCUT2D eigenvalue weighted by molar-refractivity contribution is 7.18. The smallest absolute Gasteiger partial charge is 0.348 e. The van der Waals surface area contributed by atoms with E-state index in [2.05, 4.69) is 5.32 Å². The Morgan fingerprint density at radius 3 is 2.48 bits per heavy atom. The third kappa shape index (κ3) is 4.46. The number of amides is 1. The number of nitrogens with one attached hydrogen (secondary N) is 1. The van der Waals surface area contributed by atoms with Crippen molar-refractivity contribution in [2.75, 3.05) is 26.6 Å². The SMILES string of the molecule is COC(=O)c1sc(NC(=O)/C=C\c2ccc(OC)c(OC)c2)c(C#N)c1C. The van der Waals surface area contributed by atoms with E-state index in [-0.39, 0.29) is 10.4 Å². The lowest BCUT2D eigenvalue weighted by molar-refractivity contribution is -0.111. The molecule has 7 nitrogen and oxygen atoms in total. The zero-order chi connectivity index (χ0) is 20.0. The first kappa shape index (κ1) is 20.0. The molecule has 1 aromatic heterocycles. The Hall–Kier alpha value is -3.31. The second-order valence-electron chi connectivity index (χ2n) is 5.30. The Labute approximate surface area is 160 Å². The van der Waals surface area contributed by atoms with Gasteiger partial charge in [0.25, 0.3) is 0 Å². The van der Waals surface area contributed by atoms with Crippen molar-refractivity contribution >= 4 is 34.3 Å². The van der Waals surface area contributed by atoms with Crippen LogP contribution in [-0.2, 0) is 9.53 Å². The van der Waals surface area contributed by atoms with Gasteiger partial charge in [0.1, 0.15) is 15.9 Å². The fourth-order valence-electron chi connectivity index (χ4n) is 2.31. The van der Waals surface area contributed by atoms with Crippen molar-refractivity contribution in [2.24, 2.45) is 0 Å². The van der Waals surface area contributed by atoms with Crippen molar-refractivity contribution < 1.29 is 23.8 Å². The fraction of sp³-hybridized carbons (Fsp3) is 0.211. The third-order valence-corrected chi connectivity index (χ3v) is 4.89. The van der Waals surface area contributed by atoms with E-state index in [1.807, 2.05) is 6.07 Å². The lowest BCUT2D eigenvalue weighted by Gasteiger charge is -2.07. The molecule has 2 rings (SSSR count). The van der Waals surface area contributed by atoms with Crippen LogP contribution in [0.5, 0.6) is 11.5 Å². The second kappa shape index (κ2) is 8.87. The number of ether oxygens (including phenoxy) is 3. The average Bonchev–Trinajstić information content (AvgIpc) is 3.00. The first-order chi connectivity index (χ1) is 12.9. The summed E-state index contributed by atoms with van der Waals surface area (Å²) >= 11 is 1.00. The molecule has 0 radical (unpaired) electrons. The first-order valence-corrected chi connectivity index (χ1v) is 8.59. The zero-order valence-electron chi connectivity index (χ0n) is 15.3. The van der Waals surface area contributed by atoms with Crippen LogP contribution in [-0.4, -0.2) is 33.2 Å². The standard InChI is InChI=1S/C19H18N2O5S/c1-11-13(10-20)18(27-17(11)19(23)26-4)21-16(22)8-6-12-5-7-14(24-2)15(9-12)25-3/h5-9H,1-4H3,(H,21,22)/b8-6-. The van der Waals surface area contributed by atoms with Gasteiger partial charge in [-0.25, -0.2) is 4.79 Å². The number of rotatable bonds is 6. The number of nitrogens with zero attached hydrogens (tertiary/aromatic N) is 1. The van der Waals surface area contributed by atoms with Gasteiger partial charge in [-0.3, -0.25) is 4.79 Å². The minimum absolute atomic E-state index is 0.244. The number of benzene rings is 1. The van der Waals surface area contributed by atoms with E-state index in [4.69, 9.17) is 14.2 Å². The van der Waals surface area contributed by atoms with E-state index < -0.39 is 11.9 Å². The highest BCUT2D eigenvalue weighted by atomic mass is 32.1. The number of esters is 1. The maximum Gasteiger partial charge on any atom is 0.348 e. The molecule has 1 amide bonds. The molecule has 0 unspecified atom stereocenters. The number of thiophene rings is 1. The highest BCUT2D eigenvalue weighted by Gasteiger charge is 2.21. The van der Waals surface area contributed by atoms with Crippen molar-refractivity contribution in [3.8, 4) is 17.6 Å². The zero-order valence-corrected chi connectivity index (χ0v) is 16.1. The van der Waals surface area contributed by atoms with Gasteiger partial charge in [0.2, 0.25) is 5.91 Å². The van der Waals surface area contributed by atoms with Crippen molar-refractivity contribution in [1.29, 1.82) is 5.26 Å². The topological polar surface area (TPSA) is 97.7 Å². The van der Waals surface area contributed by atoms with Gasteiger partial charge in [-0.1, -0.05) is 6.07 Å². The lowest BCUT2D eigenvalue weighted by atomic mass is 10.1. The van der Waals surface area contributed by atoms with Gasteiger partial charge in [0.05, 0.1) is 26.9 Å². The quantitative estimate of drug-likeness (QED) is 0.604. The fourth-order valence-corrected chi connectivity index (χ4v) is 3.38. The molecule has 0 aliphatic rings. The highest BCUT2D eigenvalue weighted by Crippen LogP contribution is 2.33. The predicted octanol–water partition coefficient (Wildman–Crippen LogP) is 3.38. The van der Waals surface area contributed by atoms with Crippen molar-refractivity contribution in [2.45, 2.75) is 6.92 Å². The van der Waals surface area contributed by atoms with E-state index in [0.717, 1.165) is 16.9 Å². The van der Waals surface area contributed by atoms with Gasteiger partial charge in [0, 0.05) is 6.08 Å². The summed E-state index contributed by atoms with van der Waals surface area (Å²) in [6, 6.07) is 7.24. The number of hydrogen-bond acceptors (Lipinski definition) is 7. The normalized spacial score (nSPS) is 10.3. The largest absolute Gasteiger partial charge is 0.493 e. The Kier molecular flexibility index (Phi) is 6.57. The third-order valence-electron chi connectivity index (χ3n) is 3.70. The van der Waals surface area contributed by atoms with E-state index >= 15 is 0 Å². The molecule has 27 heavy (non-hydrogen) atoms. The van der Waals surface area contributed by atoms with E-state index in [0.29, 0.717) is 22.1 Å². The van der Waals surface area contributed by atoms with Gasteiger partial charge in [-0.05, 0) is 36.3 Å². The van der Waals surface area contributed by atoms with E-state index in [1.54, 1.807) is 38.3 Å². The second-order valence-corrected chi connectivity index (χ2v) is 6.32. The Bertz CT molecular complexity index is 940. The van der Waals surface area contributed by atoms with Gasteiger partial charge >= 0.3 is 5.97 Å². The minimum atomic E-state index is -0.546. The number of carbonyl (C=O) groups is 2. The Morgan fingerprint density at radius 1 is 1.19 bits per heavy atom. The maximum atomic E-state index is 12.2. The van der Waals surface area contributed by atoms with Crippen LogP contribution in [0.4, 0.5) is 5.00 Å². The molecule has 0 fully saturated rings. The van der Waals surface area contributed by atoms with E-state index in [1.165, 1.54) is 20.3 Å².